The highest BCUT2D eigenvalue weighted by Gasteiger charge is 2.24. The second-order valence-electron chi connectivity index (χ2n) is 6.46. The van der Waals surface area contributed by atoms with Gasteiger partial charge < -0.3 is 19.7 Å². The van der Waals surface area contributed by atoms with Gasteiger partial charge in [0.2, 0.25) is 11.8 Å². The Morgan fingerprint density at radius 3 is 2.36 bits per heavy atom. The number of methoxy groups -OCH3 is 2. The minimum atomic E-state index is -0.382. The molecular formula is C21H21N3O4. The van der Waals surface area contributed by atoms with Crippen LogP contribution in [0.3, 0.4) is 0 Å². The van der Waals surface area contributed by atoms with Gasteiger partial charge in [0.1, 0.15) is 6.42 Å². The first-order valence-corrected chi connectivity index (χ1v) is 8.85. The molecule has 1 aliphatic heterocycles. The van der Waals surface area contributed by atoms with E-state index in [0.717, 1.165) is 11.1 Å². The Kier molecular flexibility index (Phi) is 5.80. The molecule has 2 aromatic rings. The van der Waals surface area contributed by atoms with Gasteiger partial charge in [0, 0.05) is 18.8 Å². The number of hydrogen-bond acceptors (Lipinski definition) is 5. The van der Waals surface area contributed by atoms with Crippen molar-refractivity contribution in [2.75, 3.05) is 26.1 Å². The molecule has 1 heterocycles. The molecule has 0 atom stereocenters. The highest BCUT2D eigenvalue weighted by molar-refractivity contribution is 6.03. The van der Waals surface area contributed by atoms with Crippen molar-refractivity contribution in [2.45, 2.75) is 19.4 Å². The summed E-state index contributed by atoms with van der Waals surface area (Å²) < 4.78 is 10.7. The lowest BCUT2D eigenvalue weighted by Gasteiger charge is -2.29. The van der Waals surface area contributed by atoms with Crippen LogP contribution >= 0.6 is 0 Å². The number of carbonyl (C=O) groups is 2. The normalized spacial score (nSPS) is 12.5. The van der Waals surface area contributed by atoms with Crippen LogP contribution < -0.4 is 14.8 Å². The number of benzene rings is 2. The standard InChI is InChI=1S/C21H21N3O4/c1-27-18-9-15-7-8-24(13-16(15)10-19(18)28-2)21(26)11-20(25)23-17-5-3-14(12-22)4-6-17/h3-6,9-10H,7-8,11,13H2,1-2H3,(H,23,25). The minimum absolute atomic E-state index is 0.230. The van der Waals surface area contributed by atoms with Crippen LogP contribution in [0.5, 0.6) is 11.5 Å². The topological polar surface area (TPSA) is 91.7 Å². The van der Waals surface area contributed by atoms with Crippen molar-refractivity contribution < 1.29 is 19.1 Å². The van der Waals surface area contributed by atoms with E-state index in [1.54, 1.807) is 43.4 Å². The SMILES string of the molecule is COc1cc2c(cc1OC)CN(C(=O)CC(=O)Nc1ccc(C#N)cc1)CC2. The van der Waals surface area contributed by atoms with Crippen LogP contribution in [-0.2, 0) is 22.6 Å². The molecule has 0 radical (unpaired) electrons. The van der Waals surface area contributed by atoms with E-state index in [2.05, 4.69) is 5.32 Å². The lowest BCUT2D eigenvalue weighted by Crippen LogP contribution is -2.37. The van der Waals surface area contributed by atoms with Crippen LogP contribution in [0.1, 0.15) is 23.1 Å². The van der Waals surface area contributed by atoms with Gasteiger partial charge >= 0.3 is 0 Å². The van der Waals surface area contributed by atoms with E-state index in [-0.39, 0.29) is 18.2 Å². The summed E-state index contributed by atoms with van der Waals surface area (Å²) in [7, 11) is 3.17. The van der Waals surface area contributed by atoms with Gasteiger partial charge in [-0.15, -0.1) is 0 Å². The van der Waals surface area contributed by atoms with Gasteiger partial charge in [0.05, 0.1) is 25.9 Å². The summed E-state index contributed by atoms with van der Waals surface area (Å²) in [5.41, 5.74) is 3.17. The molecule has 0 aromatic heterocycles. The van der Waals surface area contributed by atoms with E-state index in [1.807, 2.05) is 18.2 Å². The third-order valence-electron chi connectivity index (χ3n) is 4.68. The Morgan fingerprint density at radius 1 is 1.11 bits per heavy atom. The second-order valence-corrected chi connectivity index (χ2v) is 6.46. The van der Waals surface area contributed by atoms with Crippen molar-refractivity contribution in [1.29, 1.82) is 5.26 Å². The van der Waals surface area contributed by atoms with E-state index >= 15 is 0 Å². The molecule has 3 rings (SSSR count). The predicted octanol–water partition coefficient (Wildman–Crippen LogP) is 2.49. The molecule has 0 spiro atoms. The Labute approximate surface area is 163 Å². The van der Waals surface area contributed by atoms with Gasteiger partial charge in [0.15, 0.2) is 11.5 Å². The number of nitriles is 1. The van der Waals surface area contributed by atoms with Crippen molar-refractivity contribution >= 4 is 17.5 Å². The fourth-order valence-electron chi connectivity index (χ4n) is 3.18. The molecule has 2 amide bonds. The Bertz CT molecular complexity index is 932. The van der Waals surface area contributed by atoms with E-state index < -0.39 is 0 Å². The molecule has 0 fully saturated rings. The number of nitrogens with one attached hydrogen (secondary N) is 1. The number of anilines is 1. The first kappa shape index (κ1) is 19.2. The minimum Gasteiger partial charge on any atom is -0.493 e. The van der Waals surface area contributed by atoms with Crippen LogP contribution in [0, 0.1) is 11.3 Å². The summed E-state index contributed by atoms with van der Waals surface area (Å²) in [6, 6.07) is 12.3. The molecule has 2 aromatic carbocycles. The molecule has 0 bridgehead atoms. The maximum atomic E-state index is 12.6. The lowest BCUT2D eigenvalue weighted by atomic mass is 9.98. The summed E-state index contributed by atoms with van der Waals surface area (Å²) in [4.78, 5) is 26.4. The van der Waals surface area contributed by atoms with E-state index in [0.29, 0.717) is 42.3 Å². The van der Waals surface area contributed by atoms with E-state index in [1.165, 1.54) is 0 Å². The number of nitrogens with zero attached hydrogens (tertiary/aromatic N) is 2. The fraction of sp³-hybridized carbons (Fsp3) is 0.286. The maximum Gasteiger partial charge on any atom is 0.233 e. The van der Waals surface area contributed by atoms with Crippen molar-refractivity contribution in [3.8, 4) is 17.6 Å². The number of rotatable bonds is 5. The summed E-state index contributed by atoms with van der Waals surface area (Å²) in [5, 5.41) is 11.5. The summed E-state index contributed by atoms with van der Waals surface area (Å²) in [6.07, 6.45) is 0.460. The molecule has 7 heteroatoms. The van der Waals surface area contributed by atoms with Crippen molar-refractivity contribution in [3.05, 3.63) is 53.1 Å². The predicted molar refractivity (Wildman–Crippen MR) is 103 cm³/mol. The zero-order chi connectivity index (χ0) is 20.1. The Balaban J connectivity index is 1.62. The van der Waals surface area contributed by atoms with Crippen LogP contribution in [0.4, 0.5) is 5.69 Å². The first-order chi connectivity index (χ1) is 13.5. The fourth-order valence-corrected chi connectivity index (χ4v) is 3.18. The number of carbonyl (C=O) groups excluding carboxylic acids is 2. The van der Waals surface area contributed by atoms with Crippen LogP contribution in [-0.4, -0.2) is 37.5 Å². The largest absolute Gasteiger partial charge is 0.493 e. The maximum absolute atomic E-state index is 12.6. The van der Waals surface area contributed by atoms with Crippen LogP contribution in [0.2, 0.25) is 0 Å². The average Bonchev–Trinajstić information content (AvgIpc) is 2.72. The van der Waals surface area contributed by atoms with Gasteiger partial charge in [-0.25, -0.2) is 0 Å². The molecule has 0 saturated heterocycles. The monoisotopic (exact) mass is 379 g/mol. The van der Waals surface area contributed by atoms with Crippen LogP contribution in [0.25, 0.3) is 0 Å². The first-order valence-electron chi connectivity index (χ1n) is 8.85. The van der Waals surface area contributed by atoms with Gasteiger partial charge in [-0.05, 0) is 53.9 Å². The zero-order valence-corrected chi connectivity index (χ0v) is 15.8. The van der Waals surface area contributed by atoms with E-state index in [9.17, 15) is 9.59 Å². The molecule has 0 saturated carbocycles. The molecule has 1 N–H and O–H groups in total. The van der Waals surface area contributed by atoms with Gasteiger partial charge in [-0.2, -0.15) is 5.26 Å². The van der Waals surface area contributed by atoms with E-state index in [4.69, 9.17) is 14.7 Å². The molecule has 0 unspecified atom stereocenters. The highest BCUT2D eigenvalue weighted by atomic mass is 16.5. The molecule has 1 aliphatic rings. The number of fused-ring (bicyclic) bond motifs is 1. The third-order valence-corrected chi connectivity index (χ3v) is 4.68. The summed E-state index contributed by atoms with van der Waals surface area (Å²) in [6.45, 7) is 0.976. The third kappa shape index (κ3) is 4.23. The average molecular weight is 379 g/mol. The summed E-state index contributed by atoms with van der Waals surface area (Å²) >= 11 is 0. The molecule has 28 heavy (non-hydrogen) atoms. The lowest BCUT2D eigenvalue weighted by molar-refractivity contribution is -0.135. The van der Waals surface area contributed by atoms with Gasteiger partial charge in [-0.3, -0.25) is 9.59 Å². The summed E-state index contributed by atoms with van der Waals surface area (Å²) in [5.74, 6) is 0.677. The number of amides is 2. The van der Waals surface area contributed by atoms with Crippen LogP contribution in [0.15, 0.2) is 36.4 Å². The van der Waals surface area contributed by atoms with Crippen molar-refractivity contribution in [1.82, 2.24) is 4.90 Å². The second kappa shape index (κ2) is 8.44. The van der Waals surface area contributed by atoms with Crippen molar-refractivity contribution in [2.24, 2.45) is 0 Å². The molecular weight excluding hydrogens is 358 g/mol. The highest BCUT2D eigenvalue weighted by Crippen LogP contribution is 2.33. The smallest absolute Gasteiger partial charge is 0.233 e. The number of ether oxygens (including phenoxy) is 2. The van der Waals surface area contributed by atoms with Gasteiger partial charge in [0.25, 0.3) is 0 Å². The molecule has 144 valence electrons. The quantitative estimate of drug-likeness (QED) is 0.806. The van der Waals surface area contributed by atoms with Gasteiger partial charge in [-0.1, -0.05) is 0 Å². The molecule has 7 nitrogen and oxygen atoms in total. The molecule has 0 aliphatic carbocycles. The number of hydrogen-bond donors (Lipinski definition) is 1. The van der Waals surface area contributed by atoms with Crippen molar-refractivity contribution in [3.63, 3.8) is 0 Å². The Hall–Kier alpha value is -3.53. The Morgan fingerprint density at radius 2 is 1.75 bits per heavy atom. The zero-order valence-electron chi connectivity index (χ0n) is 15.8.